The molecule has 0 saturated heterocycles. The van der Waals surface area contributed by atoms with Gasteiger partial charge in [0.1, 0.15) is 17.2 Å². The van der Waals surface area contributed by atoms with Gasteiger partial charge in [-0.1, -0.05) is 24.6 Å². The Morgan fingerprint density at radius 1 is 0.511 bits per heavy atom. The van der Waals surface area contributed by atoms with Gasteiger partial charge in [-0.3, -0.25) is 0 Å². The zero-order valence-electron chi connectivity index (χ0n) is 28.2. The van der Waals surface area contributed by atoms with Crippen LogP contribution in [0.15, 0.2) is 54.6 Å². The minimum atomic E-state index is -0.224. The first-order chi connectivity index (χ1) is 21.7. The second-order valence-corrected chi connectivity index (χ2v) is 10.3. The van der Waals surface area contributed by atoms with Crippen LogP contribution < -0.4 is 42.6 Å². The average Bonchev–Trinajstić information content (AvgIpc) is 3.07. The maximum Gasteiger partial charge on any atom is 0.164 e. The molecule has 3 aromatic carbocycles. The molecule has 0 saturated carbocycles. The molecular formula is C36H46O9. The minimum absolute atomic E-state index is 0.0936. The Balaban J connectivity index is 2.36. The highest BCUT2D eigenvalue weighted by Gasteiger charge is 2.33. The summed E-state index contributed by atoms with van der Waals surface area (Å²) in [6, 6.07) is 11.3. The van der Waals surface area contributed by atoms with E-state index in [2.05, 4.69) is 26.5 Å². The molecule has 0 radical (unpaired) electrons. The molecule has 0 aliphatic carbocycles. The highest BCUT2D eigenvalue weighted by Crippen LogP contribution is 2.50. The lowest BCUT2D eigenvalue weighted by Crippen LogP contribution is -2.20. The fourth-order valence-electron chi connectivity index (χ4n) is 5.89. The van der Waals surface area contributed by atoms with E-state index in [0.717, 1.165) is 22.3 Å². The van der Waals surface area contributed by atoms with Gasteiger partial charge < -0.3 is 42.6 Å². The SMILES string of the molecule is C=C[C@H](c1cc(OC)c(OC)cc1OC)[C@H](C)[C@@H](/C(C)=C/c1cc(OC)c(OC)cc1OC)c1cc(OC)c(OC)cc1OC. The number of hydrogen-bond acceptors (Lipinski definition) is 9. The molecule has 0 spiro atoms. The van der Waals surface area contributed by atoms with E-state index in [1.165, 1.54) is 0 Å². The normalized spacial score (nSPS) is 13.2. The average molecular weight is 623 g/mol. The van der Waals surface area contributed by atoms with Gasteiger partial charge in [0.15, 0.2) is 34.5 Å². The van der Waals surface area contributed by atoms with Gasteiger partial charge >= 0.3 is 0 Å². The van der Waals surface area contributed by atoms with Gasteiger partial charge in [-0.2, -0.15) is 0 Å². The standard InChI is InChI=1S/C36H46O9/c1-13-24(25-16-31(41-8)34(44-11)19-28(25)38-5)22(3)36(26-17-32(42-9)35(45-12)20-29(26)39-6)21(2)14-23-15-30(40-7)33(43-10)18-27(23)37-4/h13-20,22,24,36H,1H2,2-12H3/b21-14+/t22-,24-,36+/m0/s1. The maximum absolute atomic E-state index is 5.95. The molecular weight excluding hydrogens is 576 g/mol. The van der Waals surface area contributed by atoms with E-state index < -0.39 is 0 Å². The molecule has 0 bridgehead atoms. The van der Waals surface area contributed by atoms with E-state index >= 15 is 0 Å². The molecule has 0 heterocycles. The quantitative estimate of drug-likeness (QED) is 0.150. The van der Waals surface area contributed by atoms with E-state index in [1.54, 1.807) is 64.0 Å². The lowest BCUT2D eigenvalue weighted by molar-refractivity contribution is 0.340. The van der Waals surface area contributed by atoms with Crippen molar-refractivity contribution in [3.8, 4) is 51.7 Å². The van der Waals surface area contributed by atoms with Crippen molar-refractivity contribution >= 4 is 6.08 Å². The number of ether oxygens (including phenoxy) is 9. The molecule has 0 aliphatic heterocycles. The molecule has 45 heavy (non-hydrogen) atoms. The first-order valence-corrected chi connectivity index (χ1v) is 14.4. The zero-order valence-corrected chi connectivity index (χ0v) is 28.2. The lowest BCUT2D eigenvalue weighted by atomic mass is 9.72. The number of hydrogen-bond donors (Lipinski definition) is 0. The van der Waals surface area contributed by atoms with Gasteiger partial charge in [-0.15, -0.1) is 6.58 Å². The van der Waals surface area contributed by atoms with Gasteiger partial charge in [-0.05, 0) is 31.0 Å². The zero-order chi connectivity index (χ0) is 33.3. The Morgan fingerprint density at radius 2 is 0.867 bits per heavy atom. The van der Waals surface area contributed by atoms with E-state index in [1.807, 2.05) is 42.5 Å². The first kappa shape index (κ1) is 34.8. The van der Waals surface area contributed by atoms with Gasteiger partial charge in [0.25, 0.3) is 0 Å². The van der Waals surface area contributed by atoms with Crippen molar-refractivity contribution in [2.24, 2.45) is 5.92 Å². The Bertz CT molecular complexity index is 1490. The van der Waals surface area contributed by atoms with E-state index in [9.17, 15) is 0 Å². The molecule has 9 heteroatoms. The summed E-state index contributed by atoms with van der Waals surface area (Å²) >= 11 is 0. The summed E-state index contributed by atoms with van der Waals surface area (Å²) in [6.07, 6.45) is 4.02. The third-order valence-electron chi connectivity index (χ3n) is 8.12. The van der Waals surface area contributed by atoms with Crippen LogP contribution in [0.5, 0.6) is 51.7 Å². The van der Waals surface area contributed by atoms with Gasteiger partial charge in [0.2, 0.25) is 0 Å². The van der Waals surface area contributed by atoms with Crippen LogP contribution in [0.25, 0.3) is 6.08 Å². The molecule has 3 rings (SSSR count). The van der Waals surface area contributed by atoms with Crippen LogP contribution in [0.2, 0.25) is 0 Å². The van der Waals surface area contributed by atoms with E-state index in [-0.39, 0.29) is 17.8 Å². The van der Waals surface area contributed by atoms with Gasteiger partial charge in [0.05, 0.1) is 64.0 Å². The summed E-state index contributed by atoms with van der Waals surface area (Å²) in [7, 11) is 14.5. The number of benzene rings is 3. The molecule has 9 nitrogen and oxygen atoms in total. The first-order valence-electron chi connectivity index (χ1n) is 14.4. The highest BCUT2D eigenvalue weighted by molar-refractivity contribution is 5.67. The van der Waals surface area contributed by atoms with Crippen molar-refractivity contribution in [3.63, 3.8) is 0 Å². The minimum Gasteiger partial charge on any atom is -0.496 e. The third kappa shape index (κ3) is 7.19. The van der Waals surface area contributed by atoms with E-state index in [4.69, 9.17) is 42.6 Å². The van der Waals surface area contributed by atoms with Crippen molar-refractivity contribution in [2.75, 3.05) is 64.0 Å². The number of allylic oxidation sites excluding steroid dienone is 2. The molecule has 0 aromatic heterocycles. The predicted molar refractivity (Wildman–Crippen MR) is 177 cm³/mol. The summed E-state index contributed by atoms with van der Waals surface area (Å²) < 4.78 is 51.2. The van der Waals surface area contributed by atoms with Crippen molar-refractivity contribution in [1.82, 2.24) is 0 Å². The molecule has 3 atom stereocenters. The monoisotopic (exact) mass is 622 g/mol. The fraction of sp³-hybridized carbons (Fsp3) is 0.389. The molecule has 0 fully saturated rings. The maximum atomic E-state index is 5.95. The fourth-order valence-corrected chi connectivity index (χ4v) is 5.89. The Morgan fingerprint density at radius 3 is 1.29 bits per heavy atom. The third-order valence-corrected chi connectivity index (χ3v) is 8.12. The van der Waals surface area contributed by atoms with Gasteiger partial charge in [0, 0.05) is 46.7 Å². The second-order valence-electron chi connectivity index (χ2n) is 10.3. The van der Waals surface area contributed by atoms with Crippen LogP contribution in [0.4, 0.5) is 0 Å². The van der Waals surface area contributed by atoms with E-state index in [0.29, 0.717) is 51.7 Å². The Kier molecular flexibility index (Phi) is 12.3. The van der Waals surface area contributed by atoms with Crippen LogP contribution in [0.3, 0.4) is 0 Å². The van der Waals surface area contributed by atoms with Crippen LogP contribution in [0.1, 0.15) is 42.4 Å². The van der Waals surface area contributed by atoms with Crippen LogP contribution in [-0.4, -0.2) is 64.0 Å². The highest BCUT2D eigenvalue weighted by atomic mass is 16.5. The Labute approximate surface area is 267 Å². The van der Waals surface area contributed by atoms with Crippen molar-refractivity contribution in [1.29, 1.82) is 0 Å². The molecule has 0 amide bonds. The molecule has 0 unspecified atom stereocenters. The molecule has 3 aromatic rings. The van der Waals surface area contributed by atoms with Crippen LogP contribution >= 0.6 is 0 Å². The summed E-state index contributed by atoms with van der Waals surface area (Å²) in [5, 5.41) is 0. The lowest BCUT2D eigenvalue weighted by Gasteiger charge is -2.33. The number of methoxy groups -OCH3 is 9. The largest absolute Gasteiger partial charge is 0.496 e. The van der Waals surface area contributed by atoms with Crippen molar-refractivity contribution < 1.29 is 42.6 Å². The van der Waals surface area contributed by atoms with Crippen molar-refractivity contribution in [3.05, 3.63) is 71.3 Å². The van der Waals surface area contributed by atoms with Gasteiger partial charge in [-0.25, -0.2) is 0 Å². The topological polar surface area (TPSA) is 83.1 Å². The van der Waals surface area contributed by atoms with Crippen LogP contribution in [-0.2, 0) is 0 Å². The molecule has 0 aliphatic rings. The van der Waals surface area contributed by atoms with Crippen molar-refractivity contribution in [2.45, 2.75) is 25.7 Å². The Hall–Kier alpha value is -4.66. The summed E-state index contributed by atoms with van der Waals surface area (Å²) in [6.45, 7) is 8.51. The summed E-state index contributed by atoms with van der Waals surface area (Å²) in [5.41, 5.74) is 3.65. The molecule has 0 N–H and O–H groups in total. The van der Waals surface area contributed by atoms with Crippen LogP contribution in [0, 0.1) is 5.92 Å². The molecule has 244 valence electrons. The second kappa shape index (κ2) is 15.9. The number of rotatable bonds is 16. The predicted octanol–water partition coefficient (Wildman–Crippen LogP) is 7.56. The smallest absolute Gasteiger partial charge is 0.164 e. The summed E-state index contributed by atoms with van der Waals surface area (Å²) in [5.74, 6) is 4.91. The summed E-state index contributed by atoms with van der Waals surface area (Å²) in [4.78, 5) is 0.